The highest BCUT2D eigenvalue weighted by atomic mass is 19.1. The van der Waals surface area contributed by atoms with Gasteiger partial charge in [-0.25, -0.2) is 8.78 Å². The molecule has 1 aromatic carbocycles. The molecule has 0 spiro atoms. The maximum Gasteiger partial charge on any atom is 0.202 e. The van der Waals surface area contributed by atoms with Gasteiger partial charge in [0.2, 0.25) is 5.78 Å². The van der Waals surface area contributed by atoms with Gasteiger partial charge in [0.1, 0.15) is 5.82 Å². The van der Waals surface area contributed by atoms with Gasteiger partial charge in [0.25, 0.3) is 0 Å². The van der Waals surface area contributed by atoms with Crippen LogP contribution in [0.3, 0.4) is 0 Å². The molecule has 1 heterocycles. The van der Waals surface area contributed by atoms with Gasteiger partial charge < -0.3 is 14.0 Å². The molecule has 1 aromatic heterocycles. The summed E-state index contributed by atoms with van der Waals surface area (Å²) < 4.78 is 38.7. The molecular weight excluding hydrogens is 316 g/mol. The third-order valence-corrected chi connectivity index (χ3v) is 3.86. The average molecular weight is 337 g/mol. The van der Waals surface area contributed by atoms with E-state index in [1.807, 2.05) is 18.4 Å². The molecule has 0 atom stereocenters. The van der Waals surface area contributed by atoms with E-state index in [0.29, 0.717) is 12.2 Å². The third-order valence-electron chi connectivity index (χ3n) is 3.86. The standard InChI is InChI=1S/C18H21F2NO3/c1-12-9-15(13(2)21(12)7-4-8-23-3)17(22)11-24-18-6-5-14(19)10-16(18)20/h5-6,9-10H,4,7-8,11H2,1-3H3. The Morgan fingerprint density at radius 2 is 1.96 bits per heavy atom. The smallest absolute Gasteiger partial charge is 0.202 e. The van der Waals surface area contributed by atoms with Gasteiger partial charge in [-0.05, 0) is 38.5 Å². The van der Waals surface area contributed by atoms with Gasteiger partial charge in [-0.3, -0.25) is 4.79 Å². The minimum absolute atomic E-state index is 0.140. The number of aromatic nitrogens is 1. The van der Waals surface area contributed by atoms with E-state index >= 15 is 0 Å². The highest BCUT2D eigenvalue weighted by molar-refractivity contribution is 5.98. The fourth-order valence-electron chi connectivity index (χ4n) is 2.61. The van der Waals surface area contributed by atoms with Crippen LogP contribution in [0.1, 0.15) is 28.2 Å². The van der Waals surface area contributed by atoms with Crippen molar-refractivity contribution in [2.75, 3.05) is 20.3 Å². The number of hydrogen-bond acceptors (Lipinski definition) is 3. The molecule has 4 nitrogen and oxygen atoms in total. The van der Waals surface area contributed by atoms with Gasteiger partial charge in [0, 0.05) is 43.3 Å². The highest BCUT2D eigenvalue weighted by Gasteiger charge is 2.17. The Kier molecular flexibility index (Phi) is 6.09. The van der Waals surface area contributed by atoms with Gasteiger partial charge in [-0.15, -0.1) is 0 Å². The minimum Gasteiger partial charge on any atom is -0.482 e. The molecule has 0 saturated heterocycles. The number of ketones is 1. The fraction of sp³-hybridized carbons (Fsp3) is 0.389. The molecule has 2 aromatic rings. The summed E-state index contributed by atoms with van der Waals surface area (Å²) in [6.45, 7) is 4.90. The Morgan fingerprint density at radius 3 is 2.62 bits per heavy atom. The molecule has 0 N–H and O–H groups in total. The molecule has 0 saturated carbocycles. The molecule has 0 aliphatic carbocycles. The van der Waals surface area contributed by atoms with Crippen LogP contribution >= 0.6 is 0 Å². The number of rotatable bonds is 8. The molecule has 6 heteroatoms. The maximum atomic E-state index is 13.5. The Balaban J connectivity index is 2.05. The first-order valence-electron chi connectivity index (χ1n) is 7.70. The monoisotopic (exact) mass is 337 g/mol. The topological polar surface area (TPSA) is 40.5 Å². The summed E-state index contributed by atoms with van der Waals surface area (Å²) in [5, 5.41) is 0. The number of hydrogen-bond donors (Lipinski definition) is 0. The van der Waals surface area contributed by atoms with Crippen molar-refractivity contribution < 1.29 is 23.0 Å². The van der Waals surface area contributed by atoms with Crippen molar-refractivity contribution >= 4 is 5.78 Å². The maximum absolute atomic E-state index is 13.5. The van der Waals surface area contributed by atoms with Gasteiger partial charge in [-0.1, -0.05) is 0 Å². The summed E-state index contributed by atoms with van der Waals surface area (Å²) >= 11 is 0. The quantitative estimate of drug-likeness (QED) is 0.545. The number of carbonyl (C=O) groups is 1. The van der Waals surface area contributed by atoms with E-state index in [0.717, 1.165) is 36.5 Å². The molecule has 0 radical (unpaired) electrons. The fourth-order valence-corrected chi connectivity index (χ4v) is 2.61. The van der Waals surface area contributed by atoms with Crippen LogP contribution < -0.4 is 4.74 Å². The van der Waals surface area contributed by atoms with Crippen molar-refractivity contribution in [2.24, 2.45) is 0 Å². The highest BCUT2D eigenvalue weighted by Crippen LogP contribution is 2.20. The predicted octanol–water partition coefficient (Wildman–Crippen LogP) is 3.68. The lowest BCUT2D eigenvalue weighted by Gasteiger charge is -2.10. The zero-order valence-electron chi connectivity index (χ0n) is 14.1. The summed E-state index contributed by atoms with van der Waals surface area (Å²) in [7, 11) is 1.65. The number of ether oxygens (including phenoxy) is 2. The summed E-state index contributed by atoms with van der Waals surface area (Å²) in [6, 6.07) is 4.78. The molecular formula is C18H21F2NO3. The van der Waals surface area contributed by atoms with Crippen molar-refractivity contribution in [1.29, 1.82) is 0 Å². The van der Waals surface area contributed by atoms with E-state index < -0.39 is 11.6 Å². The van der Waals surface area contributed by atoms with Crippen molar-refractivity contribution in [1.82, 2.24) is 4.57 Å². The number of halogens is 2. The number of aryl methyl sites for hydroxylation is 1. The first-order chi connectivity index (χ1) is 11.4. The van der Waals surface area contributed by atoms with Gasteiger partial charge in [0.05, 0.1) is 0 Å². The lowest BCUT2D eigenvalue weighted by atomic mass is 10.1. The number of methoxy groups -OCH3 is 1. The van der Waals surface area contributed by atoms with Crippen LogP contribution in [0.5, 0.6) is 5.75 Å². The molecule has 0 amide bonds. The Morgan fingerprint density at radius 1 is 1.21 bits per heavy atom. The second-order valence-electron chi connectivity index (χ2n) is 5.57. The van der Waals surface area contributed by atoms with Crippen molar-refractivity contribution in [3.63, 3.8) is 0 Å². The lowest BCUT2D eigenvalue weighted by Crippen LogP contribution is -2.14. The van der Waals surface area contributed by atoms with Crippen LogP contribution in [0.15, 0.2) is 24.3 Å². The first-order valence-corrected chi connectivity index (χ1v) is 7.70. The summed E-state index contributed by atoms with van der Waals surface area (Å²) in [4.78, 5) is 12.4. The van der Waals surface area contributed by atoms with Crippen LogP contribution in [-0.4, -0.2) is 30.7 Å². The lowest BCUT2D eigenvalue weighted by molar-refractivity contribution is 0.0918. The number of benzene rings is 1. The molecule has 0 bridgehead atoms. The van der Waals surface area contributed by atoms with Crippen molar-refractivity contribution in [3.8, 4) is 5.75 Å². The van der Waals surface area contributed by atoms with Crippen LogP contribution in [0.4, 0.5) is 8.78 Å². The molecule has 130 valence electrons. The van der Waals surface area contributed by atoms with Crippen molar-refractivity contribution in [2.45, 2.75) is 26.8 Å². The molecule has 0 aliphatic rings. The predicted molar refractivity (Wildman–Crippen MR) is 86.6 cm³/mol. The van der Waals surface area contributed by atoms with Crippen molar-refractivity contribution in [3.05, 3.63) is 52.9 Å². The minimum atomic E-state index is -0.826. The molecule has 2 rings (SSSR count). The van der Waals surface area contributed by atoms with Crippen LogP contribution in [-0.2, 0) is 11.3 Å². The van der Waals surface area contributed by atoms with E-state index in [-0.39, 0.29) is 18.1 Å². The zero-order valence-corrected chi connectivity index (χ0v) is 14.1. The van der Waals surface area contributed by atoms with E-state index in [2.05, 4.69) is 0 Å². The van der Waals surface area contributed by atoms with Gasteiger partial charge >= 0.3 is 0 Å². The van der Waals surface area contributed by atoms with E-state index in [4.69, 9.17) is 9.47 Å². The number of nitrogens with zero attached hydrogens (tertiary/aromatic N) is 1. The normalized spacial score (nSPS) is 10.9. The average Bonchev–Trinajstić information content (AvgIpc) is 2.82. The summed E-state index contributed by atoms with van der Waals surface area (Å²) in [5.74, 6) is -1.90. The van der Waals surface area contributed by atoms with Crippen LogP contribution in [0.25, 0.3) is 0 Å². The largest absolute Gasteiger partial charge is 0.482 e. The molecule has 0 aliphatic heterocycles. The Labute approximate surface area is 140 Å². The third kappa shape index (κ3) is 4.20. The van der Waals surface area contributed by atoms with E-state index in [1.54, 1.807) is 13.2 Å². The van der Waals surface area contributed by atoms with Gasteiger partial charge in [0.15, 0.2) is 18.2 Å². The number of carbonyl (C=O) groups excluding carboxylic acids is 1. The summed E-state index contributed by atoms with van der Waals surface area (Å²) in [5.41, 5.74) is 2.36. The van der Waals surface area contributed by atoms with E-state index in [1.165, 1.54) is 6.07 Å². The first kappa shape index (κ1) is 18.1. The zero-order chi connectivity index (χ0) is 17.7. The summed E-state index contributed by atoms with van der Waals surface area (Å²) in [6.07, 6.45) is 0.845. The van der Waals surface area contributed by atoms with Gasteiger partial charge in [-0.2, -0.15) is 0 Å². The van der Waals surface area contributed by atoms with E-state index in [9.17, 15) is 13.6 Å². The number of Topliss-reactive ketones (excluding diaryl/α,β-unsaturated/α-hetero) is 1. The molecule has 0 unspecified atom stereocenters. The molecule has 0 fully saturated rings. The Hall–Kier alpha value is -2.21. The Bertz CT molecular complexity index is 725. The van der Waals surface area contributed by atoms with Crippen LogP contribution in [0.2, 0.25) is 0 Å². The second-order valence-corrected chi connectivity index (χ2v) is 5.57. The SMILES string of the molecule is COCCCn1c(C)cc(C(=O)COc2ccc(F)cc2F)c1C. The second kappa shape index (κ2) is 8.06. The van der Waals surface area contributed by atoms with Crippen LogP contribution in [0, 0.1) is 25.5 Å². The molecule has 24 heavy (non-hydrogen) atoms.